The van der Waals surface area contributed by atoms with Crippen molar-refractivity contribution in [3.63, 3.8) is 0 Å². The molecule has 5 heteroatoms. The van der Waals surface area contributed by atoms with Crippen LogP contribution in [0.2, 0.25) is 0 Å². The van der Waals surface area contributed by atoms with E-state index in [2.05, 4.69) is 15.4 Å². The van der Waals surface area contributed by atoms with Gasteiger partial charge in [-0.1, -0.05) is 35.5 Å². The van der Waals surface area contributed by atoms with Crippen LogP contribution in [0.3, 0.4) is 0 Å². The minimum atomic E-state index is -0.0360. The lowest BCUT2D eigenvalue weighted by atomic mass is 9.99. The highest BCUT2D eigenvalue weighted by Crippen LogP contribution is 2.42. The molecule has 1 aromatic heterocycles. The summed E-state index contributed by atoms with van der Waals surface area (Å²) in [6, 6.07) is 12.7. The van der Waals surface area contributed by atoms with E-state index in [1.807, 2.05) is 30.3 Å². The maximum Gasteiger partial charge on any atom is 0.136 e. The molecule has 3 rings (SSSR count). The molecule has 1 heterocycles. The molecular weight excluding hydrogens is 242 g/mol. The summed E-state index contributed by atoms with van der Waals surface area (Å²) in [4.78, 5) is 0. The zero-order valence-electron chi connectivity index (χ0n) is 9.91. The zero-order chi connectivity index (χ0) is 13.2. The van der Waals surface area contributed by atoms with Crippen LogP contribution in [-0.4, -0.2) is 25.6 Å². The smallest absolute Gasteiger partial charge is 0.136 e. The Morgan fingerprint density at radius 2 is 1.74 bits per heavy atom. The Morgan fingerprint density at radius 1 is 0.947 bits per heavy atom. The minimum absolute atomic E-state index is 0.0138. The Kier molecular flexibility index (Phi) is 2.64. The molecule has 0 aliphatic carbocycles. The van der Waals surface area contributed by atoms with Crippen LogP contribution >= 0.6 is 0 Å². The molecule has 0 unspecified atom stereocenters. The Bertz CT molecular complexity index is 694. The van der Waals surface area contributed by atoms with Crippen molar-refractivity contribution in [3.8, 4) is 33.9 Å². The van der Waals surface area contributed by atoms with Gasteiger partial charge in [0.2, 0.25) is 0 Å². The Hall–Kier alpha value is -2.82. The van der Waals surface area contributed by atoms with Crippen molar-refractivity contribution >= 4 is 0 Å². The quantitative estimate of drug-likeness (QED) is 0.655. The monoisotopic (exact) mass is 253 g/mol. The van der Waals surface area contributed by atoms with Crippen molar-refractivity contribution in [2.45, 2.75) is 0 Å². The molecule has 0 amide bonds. The van der Waals surface area contributed by atoms with E-state index in [0.717, 1.165) is 5.56 Å². The first-order valence-electron chi connectivity index (χ1n) is 5.74. The molecule has 0 saturated carbocycles. The first-order chi connectivity index (χ1) is 9.27. The number of H-pyrrole nitrogens is 1. The summed E-state index contributed by atoms with van der Waals surface area (Å²) < 4.78 is 0. The summed E-state index contributed by atoms with van der Waals surface area (Å²) >= 11 is 0. The zero-order valence-corrected chi connectivity index (χ0v) is 9.91. The van der Waals surface area contributed by atoms with Gasteiger partial charge in [0.15, 0.2) is 0 Å². The number of nitrogens with zero attached hydrogens (tertiary/aromatic N) is 2. The third-order valence-electron chi connectivity index (χ3n) is 2.91. The number of aromatic nitrogens is 3. The van der Waals surface area contributed by atoms with Crippen LogP contribution in [0.15, 0.2) is 48.7 Å². The van der Waals surface area contributed by atoms with Gasteiger partial charge >= 0.3 is 0 Å². The van der Waals surface area contributed by atoms with Gasteiger partial charge in [0.25, 0.3) is 0 Å². The molecule has 0 aliphatic rings. The number of nitrogens with one attached hydrogen (secondary N) is 1. The number of rotatable bonds is 2. The van der Waals surface area contributed by atoms with E-state index < -0.39 is 0 Å². The second kappa shape index (κ2) is 4.45. The highest BCUT2D eigenvalue weighted by molar-refractivity contribution is 5.84. The summed E-state index contributed by atoms with van der Waals surface area (Å²) in [6.45, 7) is 0. The van der Waals surface area contributed by atoms with E-state index in [1.165, 1.54) is 12.3 Å². The second-order valence-corrected chi connectivity index (χ2v) is 4.08. The Labute approximate surface area is 109 Å². The Balaban J connectivity index is 2.22. The standard InChI is InChI=1S/C14H11N3O2/c18-12-7-6-10(9-4-2-1-3-5-9)14(19)13(12)11-8-15-17-16-11/h1-8,18-19H,(H,15,16,17). The highest BCUT2D eigenvalue weighted by atomic mass is 16.3. The van der Waals surface area contributed by atoms with Crippen molar-refractivity contribution in [1.29, 1.82) is 0 Å². The third-order valence-corrected chi connectivity index (χ3v) is 2.91. The SMILES string of the molecule is Oc1ccc(-c2ccccc2)c(O)c1-c1c[nH]nn1. The van der Waals surface area contributed by atoms with E-state index >= 15 is 0 Å². The number of hydrogen-bond donors (Lipinski definition) is 3. The van der Waals surface area contributed by atoms with E-state index in [9.17, 15) is 10.2 Å². The lowest BCUT2D eigenvalue weighted by molar-refractivity contribution is 0.455. The van der Waals surface area contributed by atoms with Gasteiger partial charge in [-0.15, -0.1) is 5.10 Å². The van der Waals surface area contributed by atoms with E-state index in [-0.39, 0.29) is 17.1 Å². The van der Waals surface area contributed by atoms with Crippen LogP contribution in [0, 0.1) is 0 Å². The molecule has 0 spiro atoms. The molecule has 5 nitrogen and oxygen atoms in total. The average molecular weight is 253 g/mol. The maximum absolute atomic E-state index is 10.4. The van der Waals surface area contributed by atoms with Gasteiger partial charge in [0.1, 0.15) is 17.2 Å². The van der Waals surface area contributed by atoms with E-state index in [0.29, 0.717) is 11.3 Å². The van der Waals surface area contributed by atoms with Gasteiger partial charge < -0.3 is 10.2 Å². The molecule has 0 radical (unpaired) electrons. The van der Waals surface area contributed by atoms with E-state index in [4.69, 9.17) is 0 Å². The fraction of sp³-hybridized carbons (Fsp3) is 0. The van der Waals surface area contributed by atoms with Crippen molar-refractivity contribution < 1.29 is 10.2 Å². The number of benzene rings is 2. The van der Waals surface area contributed by atoms with Crippen molar-refractivity contribution in [1.82, 2.24) is 15.4 Å². The number of hydrogen-bond acceptors (Lipinski definition) is 4. The molecule has 0 bridgehead atoms. The van der Waals surface area contributed by atoms with Gasteiger partial charge in [-0.05, 0) is 17.7 Å². The molecule has 94 valence electrons. The van der Waals surface area contributed by atoms with Crippen LogP contribution in [0.1, 0.15) is 0 Å². The fourth-order valence-electron chi connectivity index (χ4n) is 2.01. The number of aromatic hydroxyl groups is 2. The summed E-state index contributed by atoms with van der Waals surface area (Å²) in [6.07, 6.45) is 1.52. The molecule has 0 aliphatic heterocycles. The fourth-order valence-corrected chi connectivity index (χ4v) is 2.01. The third kappa shape index (κ3) is 1.91. The van der Waals surface area contributed by atoms with Gasteiger partial charge in [-0.25, -0.2) is 0 Å². The van der Waals surface area contributed by atoms with Crippen LogP contribution in [0.25, 0.3) is 22.4 Å². The highest BCUT2D eigenvalue weighted by Gasteiger charge is 2.17. The summed E-state index contributed by atoms with van der Waals surface area (Å²) in [7, 11) is 0. The van der Waals surface area contributed by atoms with Gasteiger partial charge in [0.05, 0.1) is 11.8 Å². The van der Waals surface area contributed by atoms with Crippen molar-refractivity contribution in [2.24, 2.45) is 0 Å². The summed E-state index contributed by atoms with van der Waals surface area (Å²) in [5.41, 5.74) is 2.17. The topological polar surface area (TPSA) is 82.0 Å². The van der Waals surface area contributed by atoms with Crippen LogP contribution in [0.4, 0.5) is 0 Å². The normalized spacial score (nSPS) is 10.5. The number of aromatic amines is 1. The van der Waals surface area contributed by atoms with Gasteiger partial charge in [0, 0.05) is 5.56 Å². The molecule has 0 fully saturated rings. The lowest BCUT2D eigenvalue weighted by Gasteiger charge is -2.10. The molecule has 3 N–H and O–H groups in total. The predicted octanol–water partition coefficient (Wildman–Crippen LogP) is 2.55. The van der Waals surface area contributed by atoms with Crippen molar-refractivity contribution in [2.75, 3.05) is 0 Å². The molecule has 3 aromatic rings. The predicted molar refractivity (Wildman–Crippen MR) is 70.6 cm³/mol. The molecule has 19 heavy (non-hydrogen) atoms. The number of phenolic OH excluding ortho intramolecular Hbond substituents is 2. The summed E-state index contributed by atoms with van der Waals surface area (Å²) in [5.74, 6) is -0.0498. The second-order valence-electron chi connectivity index (χ2n) is 4.08. The summed E-state index contributed by atoms with van der Waals surface area (Å²) in [5, 5.41) is 30.2. The van der Waals surface area contributed by atoms with Gasteiger partial charge in [-0.3, -0.25) is 5.10 Å². The van der Waals surface area contributed by atoms with Crippen LogP contribution in [-0.2, 0) is 0 Å². The maximum atomic E-state index is 10.4. The van der Waals surface area contributed by atoms with Crippen LogP contribution in [0.5, 0.6) is 11.5 Å². The molecule has 0 saturated heterocycles. The minimum Gasteiger partial charge on any atom is -0.507 e. The van der Waals surface area contributed by atoms with E-state index in [1.54, 1.807) is 6.07 Å². The first kappa shape index (κ1) is 11.3. The largest absolute Gasteiger partial charge is 0.507 e. The Morgan fingerprint density at radius 3 is 2.42 bits per heavy atom. The molecule has 0 atom stereocenters. The molecule has 2 aromatic carbocycles. The van der Waals surface area contributed by atoms with Crippen LogP contribution < -0.4 is 0 Å². The molecular formula is C14H11N3O2. The van der Waals surface area contributed by atoms with Crippen molar-refractivity contribution in [3.05, 3.63) is 48.7 Å². The number of phenols is 2. The average Bonchev–Trinajstić information content (AvgIpc) is 2.94. The first-order valence-corrected chi connectivity index (χ1v) is 5.74. The lowest BCUT2D eigenvalue weighted by Crippen LogP contribution is -1.85. The van der Waals surface area contributed by atoms with Gasteiger partial charge in [-0.2, -0.15) is 0 Å².